The van der Waals surface area contributed by atoms with Gasteiger partial charge in [0.15, 0.2) is 0 Å². The van der Waals surface area contributed by atoms with E-state index in [-0.39, 0.29) is 22.8 Å². The Kier molecular flexibility index (Phi) is 6.88. The van der Waals surface area contributed by atoms with E-state index in [1.54, 1.807) is 13.8 Å². The Morgan fingerprint density at radius 1 is 0.806 bits per heavy atom. The van der Waals surface area contributed by atoms with Crippen LogP contribution < -0.4 is 9.47 Å². The molecule has 4 nitrogen and oxygen atoms in total. The first-order valence-electron chi connectivity index (χ1n) is 11.3. The summed E-state index contributed by atoms with van der Waals surface area (Å²) < 4.78 is 10.8. The molecule has 0 radical (unpaired) electrons. The number of hydrogen-bond acceptors (Lipinski definition) is 4. The van der Waals surface area contributed by atoms with Crippen LogP contribution >= 0.6 is 0 Å². The molecule has 31 heavy (non-hydrogen) atoms. The van der Waals surface area contributed by atoms with Crippen molar-refractivity contribution in [2.24, 2.45) is 11.3 Å². The fraction of sp³-hybridized carbons (Fsp3) is 0.481. The van der Waals surface area contributed by atoms with Crippen LogP contribution in [0.4, 0.5) is 0 Å². The quantitative estimate of drug-likeness (QED) is 0.396. The lowest BCUT2D eigenvalue weighted by atomic mass is 9.55. The van der Waals surface area contributed by atoms with Gasteiger partial charge in [-0.3, -0.25) is 9.59 Å². The minimum atomic E-state index is -0.230. The largest absolute Gasteiger partial charge is 0.427 e. The van der Waals surface area contributed by atoms with Crippen molar-refractivity contribution in [3.63, 3.8) is 0 Å². The normalized spacial score (nSPS) is 19.5. The monoisotopic (exact) mass is 422 g/mol. The van der Waals surface area contributed by atoms with Crippen LogP contribution in [0.2, 0.25) is 0 Å². The van der Waals surface area contributed by atoms with Crippen LogP contribution in [0.1, 0.15) is 77.8 Å². The molecule has 0 amide bonds. The Labute approximate surface area is 186 Å². The highest BCUT2D eigenvalue weighted by molar-refractivity contribution is 5.72. The van der Waals surface area contributed by atoms with Gasteiger partial charge >= 0.3 is 11.9 Å². The topological polar surface area (TPSA) is 52.6 Å². The summed E-state index contributed by atoms with van der Waals surface area (Å²) in [5.74, 6) is 1.27. The highest BCUT2D eigenvalue weighted by Crippen LogP contribution is 2.53. The molecule has 166 valence electrons. The summed E-state index contributed by atoms with van der Waals surface area (Å²) in [6.45, 7) is 10.6. The second-order valence-electron chi connectivity index (χ2n) is 9.64. The number of carbonyl (C=O) groups excluding carboxylic acids is 2. The molecule has 0 spiro atoms. The third-order valence-electron chi connectivity index (χ3n) is 6.23. The molecule has 0 bridgehead atoms. The molecule has 1 saturated carbocycles. The number of benzene rings is 2. The molecule has 3 rings (SSSR count). The highest BCUT2D eigenvalue weighted by atomic mass is 16.5. The second-order valence-corrected chi connectivity index (χ2v) is 9.64. The van der Waals surface area contributed by atoms with Crippen LogP contribution in [-0.2, 0) is 15.0 Å². The molecule has 1 aliphatic rings. The van der Waals surface area contributed by atoms with Gasteiger partial charge in [0.25, 0.3) is 0 Å². The maximum Gasteiger partial charge on any atom is 0.310 e. The lowest BCUT2D eigenvalue weighted by molar-refractivity contribution is -0.134. The maximum atomic E-state index is 11.7. The molecule has 1 aliphatic carbocycles. The predicted molar refractivity (Wildman–Crippen MR) is 122 cm³/mol. The fourth-order valence-electron chi connectivity index (χ4n) is 5.27. The molecule has 1 unspecified atom stereocenters. The average Bonchev–Trinajstić information content (AvgIpc) is 2.73. The molecule has 1 atom stereocenters. The van der Waals surface area contributed by atoms with E-state index in [0.29, 0.717) is 30.3 Å². The van der Waals surface area contributed by atoms with Gasteiger partial charge in [0.05, 0.1) is 0 Å². The summed E-state index contributed by atoms with van der Waals surface area (Å²) in [5, 5.41) is 0. The van der Waals surface area contributed by atoms with Crippen LogP contribution in [0, 0.1) is 11.3 Å². The minimum absolute atomic E-state index is 0.151. The lowest BCUT2D eigenvalue weighted by Gasteiger charge is -2.48. The number of ether oxygens (including phenoxy) is 2. The summed E-state index contributed by atoms with van der Waals surface area (Å²) >= 11 is 0. The Morgan fingerprint density at radius 3 is 1.58 bits per heavy atom. The van der Waals surface area contributed by atoms with Gasteiger partial charge in [-0.1, -0.05) is 58.9 Å². The van der Waals surface area contributed by atoms with Crippen LogP contribution in [0.3, 0.4) is 0 Å². The first-order valence-corrected chi connectivity index (χ1v) is 11.3. The van der Waals surface area contributed by atoms with Crippen molar-refractivity contribution in [2.45, 2.75) is 72.1 Å². The average molecular weight is 423 g/mol. The fourth-order valence-corrected chi connectivity index (χ4v) is 5.27. The van der Waals surface area contributed by atoms with Crippen LogP contribution in [0.25, 0.3) is 0 Å². The van der Waals surface area contributed by atoms with Crippen molar-refractivity contribution in [3.05, 3.63) is 59.7 Å². The van der Waals surface area contributed by atoms with E-state index >= 15 is 0 Å². The predicted octanol–water partition coefficient (Wildman–Crippen LogP) is 6.45. The second kappa shape index (κ2) is 9.25. The molecule has 0 N–H and O–H groups in total. The molecule has 1 fully saturated rings. The van der Waals surface area contributed by atoms with Gasteiger partial charge in [0.2, 0.25) is 0 Å². The molecule has 2 aromatic carbocycles. The lowest BCUT2D eigenvalue weighted by Crippen LogP contribution is -2.41. The number of esters is 2. The SMILES string of the molecule is CCC(=O)Oc1ccc(C2(c3ccc(OC(=O)CC)cc3)CC(C)CC(C)(C)C2)cc1. The number of carbonyl (C=O) groups is 2. The van der Waals surface area contributed by atoms with Crippen molar-refractivity contribution in [1.29, 1.82) is 0 Å². The van der Waals surface area contributed by atoms with Crippen LogP contribution in [0.15, 0.2) is 48.5 Å². The van der Waals surface area contributed by atoms with E-state index in [1.165, 1.54) is 17.5 Å². The third-order valence-corrected chi connectivity index (χ3v) is 6.23. The van der Waals surface area contributed by atoms with E-state index in [1.807, 2.05) is 24.3 Å². The molecular weight excluding hydrogens is 388 g/mol. The molecular formula is C27H34O4. The van der Waals surface area contributed by atoms with E-state index in [9.17, 15) is 9.59 Å². The zero-order valence-electron chi connectivity index (χ0n) is 19.4. The number of rotatable bonds is 6. The summed E-state index contributed by atoms with van der Waals surface area (Å²) in [6.07, 6.45) is 3.96. The van der Waals surface area contributed by atoms with Crippen molar-refractivity contribution < 1.29 is 19.1 Å². The van der Waals surface area contributed by atoms with Gasteiger partial charge in [-0.05, 0) is 66.0 Å². The first kappa shape index (κ1) is 23.1. The molecule has 2 aromatic rings. The van der Waals surface area contributed by atoms with Gasteiger partial charge in [0.1, 0.15) is 11.5 Å². The van der Waals surface area contributed by atoms with Gasteiger partial charge in [-0.15, -0.1) is 0 Å². The summed E-state index contributed by atoms with van der Waals surface area (Å²) in [4.78, 5) is 23.3. The van der Waals surface area contributed by atoms with Gasteiger partial charge in [0, 0.05) is 18.3 Å². The Morgan fingerprint density at radius 2 is 1.23 bits per heavy atom. The van der Waals surface area contributed by atoms with E-state index in [2.05, 4.69) is 45.0 Å². The van der Waals surface area contributed by atoms with Gasteiger partial charge < -0.3 is 9.47 Å². The zero-order chi connectivity index (χ0) is 22.6. The Bertz CT molecular complexity index is 848. The van der Waals surface area contributed by atoms with Gasteiger partial charge in [-0.2, -0.15) is 0 Å². The standard InChI is InChI=1S/C27H34O4/c1-6-24(28)30-22-12-8-20(9-13-22)27(17-19(3)16-26(4,5)18-27)21-10-14-23(15-11-21)31-25(29)7-2/h8-15,19H,6-7,16-18H2,1-5H3. The Balaban J connectivity index is 2.00. The van der Waals surface area contributed by atoms with Crippen molar-refractivity contribution >= 4 is 11.9 Å². The van der Waals surface area contributed by atoms with Crippen LogP contribution in [0.5, 0.6) is 11.5 Å². The summed E-state index contributed by atoms with van der Waals surface area (Å²) in [7, 11) is 0. The van der Waals surface area contributed by atoms with Crippen molar-refractivity contribution in [1.82, 2.24) is 0 Å². The third kappa shape index (κ3) is 5.36. The molecule has 0 saturated heterocycles. The zero-order valence-corrected chi connectivity index (χ0v) is 19.4. The maximum absolute atomic E-state index is 11.7. The molecule has 4 heteroatoms. The van der Waals surface area contributed by atoms with Crippen molar-refractivity contribution in [3.8, 4) is 11.5 Å². The molecule has 0 aromatic heterocycles. The highest BCUT2D eigenvalue weighted by Gasteiger charge is 2.45. The minimum Gasteiger partial charge on any atom is -0.427 e. The first-order chi connectivity index (χ1) is 14.7. The summed E-state index contributed by atoms with van der Waals surface area (Å²) in [5.41, 5.74) is 2.49. The van der Waals surface area contributed by atoms with E-state index in [0.717, 1.165) is 12.8 Å². The summed E-state index contributed by atoms with van der Waals surface area (Å²) in [6, 6.07) is 16.0. The van der Waals surface area contributed by atoms with E-state index in [4.69, 9.17) is 9.47 Å². The van der Waals surface area contributed by atoms with Gasteiger partial charge in [-0.25, -0.2) is 0 Å². The van der Waals surface area contributed by atoms with Crippen LogP contribution in [-0.4, -0.2) is 11.9 Å². The Hall–Kier alpha value is -2.62. The molecule has 0 aliphatic heterocycles. The number of hydrogen-bond donors (Lipinski definition) is 0. The molecule has 0 heterocycles. The van der Waals surface area contributed by atoms with Crippen molar-refractivity contribution in [2.75, 3.05) is 0 Å². The van der Waals surface area contributed by atoms with E-state index < -0.39 is 0 Å². The smallest absolute Gasteiger partial charge is 0.310 e.